The Morgan fingerprint density at radius 1 is 1.24 bits per heavy atom. The maximum Gasteiger partial charge on any atom is 0.169 e. The van der Waals surface area contributed by atoms with E-state index >= 15 is 0 Å². The third-order valence-corrected chi connectivity index (χ3v) is 5.06. The van der Waals surface area contributed by atoms with Crippen molar-refractivity contribution >= 4 is 16.9 Å². The lowest BCUT2D eigenvalue weighted by Gasteiger charge is -2.33. The van der Waals surface area contributed by atoms with Crippen molar-refractivity contribution in [3.05, 3.63) is 46.9 Å². The van der Waals surface area contributed by atoms with E-state index < -0.39 is 0 Å². The average molecular weight is 332 g/mol. The molecule has 1 aliphatic rings. The molecule has 3 aromatic rings. The first-order valence-corrected chi connectivity index (χ1v) is 8.61. The number of aromatic nitrogens is 4. The summed E-state index contributed by atoms with van der Waals surface area (Å²) in [5, 5.41) is 18.1. The summed E-state index contributed by atoms with van der Waals surface area (Å²) in [5.41, 5.74) is 4.43. The molecule has 0 aliphatic carbocycles. The highest BCUT2D eigenvalue weighted by Crippen LogP contribution is 2.31. The Labute approximate surface area is 146 Å². The van der Waals surface area contributed by atoms with Gasteiger partial charge >= 0.3 is 0 Å². The number of H-pyrrole nitrogens is 1. The van der Waals surface area contributed by atoms with Crippen molar-refractivity contribution in [2.24, 2.45) is 0 Å². The molecule has 1 aromatic carbocycles. The monoisotopic (exact) mass is 332 g/mol. The number of nitrogens with one attached hydrogen (secondary N) is 1. The van der Waals surface area contributed by atoms with Crippen molar-refractivity contribution in [2.45, 2.75) is 32.6 Å². The number of anilines is 1. The molecule has 1 aliphatic heterocycles. The number of rotatable bonds is 2. The summed E-state index contributed by atoms with van der Waals surface area (Å²) in [5.74, 6) is 2.02. The number of hydrogen-bond donors (Lipinski definition) is 1. The van der Waals surface area contributed by atoms with Crippen LogP contribution in [0.2, 0.25) is 0 Å². The molecule has 0 radical (unpaired) electrons. The first-order chi connectivity index (χ1) is 12.2. The van der Waals surface area contributed by atoms with Gasteiger partial charge in [-0.1, -0.05) is 12.1 Å². The number of piperidine rings is 1. The Balaban J connectivity index is 1.65. The van der Waals surface area contributed by atoms with Crippen molar-refractivity contribution in [3.8, 4) is 6.07 Å². The largest absolute Gasteiger partial charge is 0.353 e. The quantitative estimate of drug-likeness (QED) is 0.779. The molecule has 4 rings (SSSR count). The number of aromatic amines is 1. The number of imidazole rings is 1. The van der Waals surface area contributed by atoms with Crippen LogP contribution in [0.5, 0.6) is 0 Å². The number of aryl methyl sites for hydroxylation is 1. The minimum atomic E-state index is 0.302. The van der Waals surface area contributed by atoms with Crippen LogP contribution in [0.1, 0.15) is 41.4 Å². The molecule has 126 valence electrons. The fourth-order valence-corrected chi connectivity index (χ4v) is 3.51. The van der Waals surface area contributed by atoms with E-state index in [9.17, 15) is 5.26 Å². The third kappa shape index (κ3) is 2.72. The molecule has 6 nitrogen and oxygen atoms in total. The standard InChI is InChI=1S/C19H20N6/c1-12-13(2)23-24-19(15(12)10-20)25-9-5-6-14(11-25)18-21-16-7-3-4-8-17(16)22-18/h3-4,7-8,14H,5-6,9,11H2,1-2H3,(H,21,22)/t14-/m1/s1. The van der Waals surface area contributed by atoms with Crippen molar-refractivity contribution in [3.63, 3.8) is 0 Å². The maximum absolute atomic E-state index is 9.57. The molecule has 0 unspecified atom stereocenters. The first-order valence-electron chi connectivity index (χ1n) is 8.61. The lowest BCUT2D eigenvalue weighted by molar-refractivity contribution is 0.490. The minimum Gasteiger partial charge on any atom is -0.353 e. The SMILES string of the molecule is Cc1nnc(N2CCC[C@@H](c3nc4ccccc4[nH]3)C2)c(C#N)c1C. The van der Waals surface area contributed by atoms with Gasteiger partial charge in [0.05, 0.1) is 16.7 Å². The molecule has 25 heavy (non-hydrogen) atoms. The van der Waals surface area contributed by atoms with Gasteiger partial charge in [-0.2, -0.15) is 10.4 Å². The van der Waals surface area contributed by atoms with Crippen LogP contribution in [0.15, 0.2) is 24.3 Å². The molecular weight excluding hydrogens is 312 g/mol. The van der Waals surface area contributed by atoms with Crippen molar-refractivity contribution in [2.75, 3.05) is 18.0 Å². The van der Waals surface area contributed by atoms with Gasteiger partial charge in [-0.25, -0.2) is 4.98 Å². The molecule has 1 saturated heterocycles. The zero-order valence-electron chi connectivity index (χ0n) is 14.5. The fraction of sp³-hybridized carbons (Fsp3) is 0.368. The molecular formula is C19H20N6. The van der Waals surface area contributed by atoms with E-state index in [2.05, 4.69) is 32.2 Å². The van der Waals surface area contributed by atoms with Gasteiger partial charge in [0.2, 0.25) is 0 Å². The van der Waals surface area contributed by atoms with Crippen LogP contribution in [0.25, 0.3) is 11.0 Å². The highest BCUT2D eigenvalue weighted by molar-refractivity contribution is 5.74. The average Bonchev–Trinajstić information content (AvgIpc) is 3.08. The van der Waals surface area contributed by atoms with Crippen molar-refractivity contribution in [1.29, 1.82) is 5.26 Å². The second kappa shape index (κ2) is 6.17. The van der Waals surface area contributed by atoms with Gasteiger partial charge in [0.1, 0.15) is 17.5 Å². The lowest BCUT2D eigenvalue weighted by atomic mass is 9.96. The Kier molecular flexibility index (Phi) is 3.85. The van der Waals surface area contributed by atoms with Gasteiger partial charge in [0, 0.05) is 19.0 Å². The Hall–Kier alpha value is -2.94. The predicted octanol–water partition coefficient (Wildman–Crippen LogP) is 3.23. The normalized spacial score (nSPS) is 17.6. The van der Waals surface area contributed by atoms with E-state index in [-0.39, 0.29) is 0 Å². The fourth-order valence-electron chi connectivity index (χ4n) is 3.51. The Morgan fingerprint density at radius 3 is 2.88 bits per heavy atom. The summed E-state index contributed by atoms with van der Waals surface area (Å²) in [6.07, 6.45) is 2.12. The molecule has 3 heterocycles. The number of fused-ring (bicyclic) bond motifs is 1. The number of nitrogens with zero attached hydrogens (tertiary/aromatic N) is 5. The van der Waals surface area contributed by atoms with Gasteiger partial charge in [-0.3, -0.25) is 0 Å². The second-order valence-corrected chi connectivity index (χ2v) is 6.65. The highest BCUT2D eigenvalue weighted by Gasteiger charge is 2.27. The van der Waals surface area contributed by atoms with Gasteiger partial charge < -0.3 is 9.88 Å². The van der Waals surface area contributed by atoms with Gasteiger partial charge in [0.25, 0.3) is 0 Å². The van der Waals surface area contributed by atoms with E-state index in [0.29, 0.717) is 17.3 Å². The summed E-state index contributed by atoms with van der Waals surface area (Å²) in [7, 11) is 0. The minimum absolute atomic E-state index is 0.302. The summed E-state index contributed by atoms with van der Waals surface area (Å²) in [6, 6.07) is 10.4. The summed E-state index contributed by atoms with van der Waals surface area (Å²) in [6.45, 7) is 5.52. The zero-order valence-corrected chi connectivity index (χ0v) is 14.5. The molecule has 0 amide bonds. The first kappa shape index (κ1) is 15.6. The number of hydrogen-bond acceptors (Lipinski definition) is 5. The zero-order chi connectivity index (χ0) is 17.4. The molecule has 0 spiro atoms. The molecule has 6 heteroatoms. The Bertz CT molecular complexity index is 935. The topological polar surface area (TPSA) is 81.5 Å². The smallest absolute Gasteiger partial charge is 0.169 e. The summed E-state index contributed by atoms with van der Waals surface area (Å²) < 4.78 is 0. The maximum atomic E-state index is 9.57. The molecule has 1 atom stereocenters. The van der Waals surface area contributed by atoms with Crippen LogP contribution >= 0.6 is 0 Å². The highest BCUT2D eigenvalue weighted by atomic mass is 15.3. The van der Waals surface area contributed by atoms with Crippen LogP contribution in [0.3, 0.4) is 0 Å². The number of nitriles is 1. The van der Waals surface area contributed by atoms with Crippen molar-refractivity contribution in [1.82, 2.24) is 20.2 Å². The van der Waals surface area contributed by atoms with Gasteiger partial charge in [0.15, 0.2) is 5.82 Å². The summed E-state index contributed by atoms with van der Waals surface area (Å²) in [4.78, 5) is 10.4. The summed E-state index contributed by atoms with van der Waals surface area (Å²) >= 11 is 0. The van der Waals surface area contributed by atoms with Gasteiger partial charge in [-0.15, -0.1) is 5.10 Å². The van der Waals surface area contributed by atoms with E-state index in [1.54, 1.807) is 0 Å². The molecule has 0 bridgehead atoms. The van der Waals surface area contributed by atoms with E-state index in [1.807, 2.05) is 32.0 Å². The number of para-hydroxylation sites is 2. The second-order valence-electron chi connectivity index (χ2n) is 6.65. The number of benzene rings is 1. The Morgan fingerprint density at radius 2 is 2.08 bits per heavy atom. The lowest BCUT2D eigenvalue weighted by Crippen LogP contribution is -2.36. The molecule has 0 saturated carbocycles. The molecule has 1 N–H and O–H groups in total. The predicted molar refractivity (Wildman–Crippen MR) is 96.5 cm³/mol. The van der Waals surface area contributed by atoms with Crippen molar-refractivity contribution < 1.29 is 0 Å². The van der Waals surface area contributed by atoms with Gasteiger partial charge in [-0.05, 0) is 44.4 Å². The van der Waals surface area contributed by atoms with E-state index in [1.165, 1.54) is 0 Å². The molecule has 1 fully saturated rings. The van der Waals surface area contributed by atoms with Crippen LogP contribution in [-0.4, -0.2) is 33.3 Å². The van der Waals surface area contributed by atoms with Crippen LogP contribution < -0.4 is 4.90 Å². The molecule has 2 aromatic heterocycles. The van der Waals surface area contributed by atoms with Crippen LogP contribution in [0, 0.1) is 25.2 Å². The van der Waals surface area contributed by atoms with Crippen LogP contribution in [-0.2, 0) is 0 Å². The van der Waals surface area contributed by atoms with E-state index in [0.717, 1.165) is 54.0 Å². The van der Waals surface area contributed by atoms with E-state index in [4.69, 9.17) is 4.98 Å². The third-order valence-electron chi connectivity index (χ3n) is 5.06. The van der Waals surface area contributed by atoms with Crippen LogP contribution in [0.4, 0.5) is 5.82 Å².